The molecule has 6 heteroatoms. The zero-order valence-electron chi connectivity index (χ0n) is 11.2. The van der Waals surface area contributed by atoms with Crippen molar-refractivity contribution in [1.82, 2.24) is 4.90 Å². The fraction of sp³-hybridized carbons (Fsp3) is 0.429. The van der Waals surface area contributed by atoms with E-state index in [9.17, 15) is 19.8 Å². The van der Waals surface area contributed by atoms with Crippen molar-refractivity contribution in [3.05, 3.63) is 23.8 Å². The molecule has 1 heterocycles. The molecule has 0 aromatic heterocycles. The molecule has 1 amide bonds. The summed E-state index contributed by atoms with van der Waals surface area (Å²) in [6.07, 6.45) is 0.764. The molecule has 1 aliphatic heterocycles. The summed E-state index contributed by atoms with van der Waals surface area (Å²) in [5, 5.41) is 28.0. The maximum atomic E-state index is 12.2. The number of hydrogen-bond acceptors (Lipinski definition) is 4. The van der Waals surface area contributed by atoms with Gasteiger partial charge in [0, 0.05) is 19.2 Å². The number of hydrogen-bond donors (Lipinski definition) is 3. The van der Waals surface area contributed by atoms with Crippen LogP contribution in [0.4, 0.5) is 0 Å². The van der Waals surface area contributed by atoms with Crippen LogP contribution in [0.25, 0.3) is 0 Å². The molecule has 108 valence electrons. The standard InChI is InChI=1S/C14H17NO5/c1-14(13(19)20)4-6-15(7-5-14)12(18)10-3-2-9(16)8-11(10)17/h2-3,8,16-17H,4-7H2,1H3,(H,19,20). The number of phenolic OH excluding ortho intramolecular Hbond substituents is 2. The minimum atomic E-state index is -0.850. The van der Waals surface area contributed by atoms with E-state index in [-0.39, 0.29) is 23.0 Å². The Bertz CT molecular complexity index is 546. The minimum Gasteiger partial charge on any atom is -0.508 e. The Balaban J connectivity index is 2.11. The minimum absolute atomic E-state index is 0.113. The lowest BCUT2D eigenvalue weighted by Crippen LogP contribution is -2.45. The largest absolute Gasteiger partial charge is 0.508 e. The number of likely N-dealkylation sites (tertiary alicyclic amines) is 1. The third kappa shape index (κ3) is 2.54. The Hall–Kier alpha value is -2.24. The molecule has 0 saturated carbocycles. The van der Waals surface area contributed by atoms with E-state index in [1.807, 2.05) is 0 Å². The quantitative estimate of drug-likeness (QED) is 0.760. The lowest BCUT2D eigenvalue weighted by molar-refractivity contribution is -0.150. The zero-order chi connectivity index (χ0) is 14.9. The second-order valence-corrected chi connectivity index (χ2v) is 5.36. The monoisotopic (exact) mass is 279 g/mol. The van der Waals surface area contributed by atoms with Crippen molar-refractivity contribution in [2.75, 3.05) is 13.1 Å². The number of piperidine rings is 1. The highest BCUT2D eigenvalue weighted by molar-refractivity contribution is 5.97. The number of carboxylic acid groups (broad SMARTS) is 1. The third-order valence-electron chi connectivity index (χ3n) is 3.88. The van der Waals surface area contributed by atoms with Crippen LogP contribution >= 0.6 is 0 Å². The number of aromatic hydroxyl groups is 2. The van der Waals surface area contributed by atoms with Crippen molar-refractivity contribution in [1.29, 1.82) is 0 Å². The highest BCUT2D eigenvalue weighted by Crippen LogP contribution is 2.32. The van der Waals surface area contributed by atoms with Crippen molar-refractivity contribution >= 4 is 11.9 Å². The molecule has 1 aromatic rings. The molecule has 0 atom stereocenters. The molecule has 2 rings (SSSR count). The molecule has 0 unspecified atom stereocenters. The summed E-state index contributed by atoms with van der Waals surface area (Å²) in [5.41, 5.74) is -0.685. The van der Waals surface area contributed by atoms with Gasteiger partial charge in [-0.1, -0.05) is 0 Å². The molecule has 3 N–H and O–H groups in total. The van der Waals surface area contributed by atoms with Crippen molar-refractivity contribution in [2.45, 2.75) is 19.8 Å². The van der Waals surface area contributed by atoms with E-state index in [0.29, 0.717) is 25.9 Å². The Morgan fingerprint density at radius 2 is 1.80 bits per heavy atom. The summed E-state index contributed by atoms with van der Waals surface area (Å²) < 4.78 is 0. The van der Waals surface area contributed by atoms with Crippen molar-refractivity contribution in [3.63, 3.8) is 0 Å². The number of amides is 1. The molecule has 0 bridgehead atoms. The van der Waals surface area contributed by atoms with E-state index in [1.54, 1.807) is 6.92 Å². The number of phenols is 2. The van der Waals surface area contributed by atoms with Crippen molar-refractivity contribution < 1.29 is 24.9 Å². The van der Waals surface area contributed by atoms with Gasteiger partial charge in [-0.2, -0.15) is 0 Å². The fourth-order valence-electron chi connectivity index (χ4n) is 2.29. The van der Waals surface area contributed by atoms with Crippen LogP contribution in [-0.4, -0.2) is 45.2 Å². The van der Waals surface area contributed by atoms with Gasteiger partial charge in [-0.3, -0.25) is 9.59 Å². The van der Waals surface area contributed by atoms with E-state index in [2.05, 4.69) is 0 Å². The van der Waals surface area contributed by atoms with Gasteiger partial charge in [0.2, 0.25) is 0 Å². The number of aliphatic carboxylic acids is 1. The first-order valence-corrected chi connectivity index (χ1v) is 6.38. The number of carboxylic acids is 1. The molecule has 1 aliphatic rings. The summed E-state index contributed by atoms with van der Waals surface area (Å²) in [5.74, 6) is -1.59. The van der Waals surface area contributed by atoms with Gasteiger partial charge in [0.15, 0.2) is 0 Å². The number of rotatable bonds is 2. The number of nitrogens with zero attached hydrogens (tertiary/aromatic N) is 1. The van der Waals surface area contributed by atoms with Gasteiger partial charge in [-0.25, -0.2) is 0 Å². The number of benzene rings is 1. The van der Waals surface area contributed by atoms with Gasteiger partial charge in [0.05, 0.1) is 11.0 Å². The molecular formula is C14H17NO5. The predicted molar refractivity (Wildman–Crippen MR) is 70.7 cm³/mol. The fourth-order valence-corrected chi connectivity index (χ4v) is 2.29. The van der Waals surface area contributed by atoms with Gasteiger partial charge in [-0.05, 0) is 31.9 Å². The van der Waals surface area contributed by atoms with Crippen LogP contribution in [-0.2, 0) is 4.79 Å². The van der Waals surface area contributed by atoms with Crippen LogP contribution < -0.4 is 0 Å². The second-order valence-electron chi connectivity index (χ2n) is 5.36. The average molecular weight is 279 g/mol. The molecule has 6 nitrogen and oxygen atoms in total. The molecule has 0 aliphatic carbocycles. The Morgan fingerprint density at radius 1 is 1.20 bits per heavy atom. The summed E-state index contributed by atoms with van der Waals surface area (Å²) >= 11 is 0. The number of carbonyl (C=O) groups excluding carboxylic acids is 1. The van der Waals surface area contributed by atoms with Gasteiger partial charge in [-0.15, -0.1) is 0 Å². The second kappa shape index (κ2) is 5.03. The highest BCUT2D eigenvalue weighted by atomic mass is 16.4. The molecule has 1 saturated heterocycles. The van der Waals surface area contributed by atoms with Crippen molar-refractivity contribution in [2.24, 2.45) is 5.41 Å². The van der Waals surface area contributed by atoms with Gasteiger partial charge in [0.25, 0.3) is 5.91 Å². The zero-order valence-corrected chi connectivity index (χ0v) is 11.2. The summed E-state index contributed by atoms with van der Waals surface area (Å²) in [7, 11) is 0. The predicted octanol–water partition coefficient (Wildman–Crippen LogP) is 1.42. The van der Waals surface area contributed by atoms with E-state index in [0.717, 1.165) is 6.07 Å². The molecule has 1 fully saturated rings. The van der Waals surface area contributed by atoms with Crippen molar-refractivity contribution in [3.8, 4) is 11.5 Å². The first-order chi connectivity index (χ1) is 9.33. The lowest BCUT2D eigenvalue weighted by Gasteiger charge is -2.36. The Labute approximate surface area is 116 Å². The summed E-state index contributed by atoms with van der Waals surface area (Å²) in [6, 6.07) is 3.80. The SMILES string of the molecule is CC1(C(=O)O)CCN(C(=O)c2ccc(O)cc2O)CC1. The van der Waals surface area contributed by atoms with Crippen LogP contribution in [0.15, 0.2) is 18.2 Å². The van der Waals surface area contributed by atoms with Crippen LogP contribution in [0.5, 0.6) is 11.5 Å². The lowest BCUT2D eigenvalue weighted by atomic mass is 9.80. The van der Waals surface area contributed by atoms with Gasteiger partial charge >= 0.3 is 5.97 Å². The molecule has 20 heavy (non-hydrogen) atoms. The smallest absolute Gasteiger partial charge is 0.309 e. The number of carbonyl (C=O) groups is 2. The average Bonchev–Trinajstić information content (AvgIpc) is 2.38. The van der Waals surface area contributed by atoms with E-state index < -0.39 is 11.4 Å². The Morgan fingerprint density at radius 3 is 2.30 bits per heavy atom. The van der Waals surface area contributed by atoms with Crippen LogP contribution in [0.1, 0.15) is 30.1 Å². The molecule has 0 spiro atoms. The third-order valence-corrected chi connectivity index (χ3v) is 3.88. The van der Waals surface area contributed by atoms with Crippen LogP contribution in [0, 0.1) is 5.41 Å². The van der Waals surface area contributed by atoms with Gasteiger partial charge < -0.3 is 20.2 Å². The molecular weight excluding hydrogens is 262 g/mol. The van der Waals surface area contributed by atoms with E-state index in [4.69, 9.17) is 5.11 Å². The molecule has 0 radical (unpaired) electrons. The first-order valence-electron chi connectivity index (χ1n) is 6.38. The Kier molecular flexibility index (Phi) is 3.57. The highest BCUT2D eigenvalue weighted by Gasteiger charge is 2.38. The normalized spacial score (nSPS) is 17.8. The molecule has 1 aromatic carbocycles. The van der Waals surface area contributed by atoms with E-state index >= 15 is 0 Å². The maximum absolute atomic E-state index is 12.2. The summed E-state index contributed by atoms with van der Waals surface area (Å²) in [6.45, 7) is 2.35. The summed E-state index contributed by atoms with van der Waals surface area (Å²) in [4.78, 5) is 24.9. The van der Waals surface area contributed by atoms with E-state index in [1.165, 1.54) is 17.0 Å². The maximum Gasteiger partial charge on any atom is 0.309 e. The van der Waals surface area contributed by atoms with Crippen LogP contribution in [0.3, 0.4) is 0 Å². The first kappa shape index (κ1) is 14.2. The van der Waals surface area contributed by atoms with Gasteiger partial charge in [0.1, 0.15) is 11.5 Å². The topological polar surface area (TPSA) is 98.1 Å². The van der Waals surface area contributed by atoms with Crippen LogP contribution in [0.2, 0.25) is 0 Å².